The monoisotopic (exact) mass is 1280 g/mol. The summed E-state index contributed by atoms with van der Waals surface area (Å²) in [6.45, 7) is 12.3. The molecule has 1 aromatic carbocycles. The second-order valence-corrected chi connectivity index (χ2v) is 26.3. The van der Waals surface area contributed by atoms with Gasteiger partial charge >= 0.3 is 11.6 Å². The van der Waals surface area contributed by atoms with Crippen molar-refractivity contribution in [3.8, 4) is 11.8 Å². The highest BCUT2D eigenvalue weighted by Gasteiger charge is 2.47. The second-order valence-electron chi connectivity index (χ2n) is 26.3. The number of unbranched alkanes of at least 4 members (excludes halogenated alkanes) is 6. The van der Waals surface area contributed by atoms with Crippen molar-refractivity contribution in [3.05, 3.63) is 148 Å². The van der Waals surface area contributed by atoms with E-state index in [0.29, 0.717) is 93.0 Å². The third-order valence-electron chi connectivity index (χ3n) is 18.8. The van der Waals surface area contributed by atoms with Crippen LogP contribution in [0.15, 0.2) is 127 Å². The standard InChI is InChI=1S/C75H99N3O15/c1-48(30-32-57(83-8)25-21-19-17-15-13-11-12-14-16-18-20-24-53-38-72(82)90-66-39-55(78(6)7)31-33-62(53)66)36-64(80)68-43-61(84-9)44-75(85-10,93-68)45-70-76-54(46-86-70)37-50(3)73-52(5)74-51(4)65(91-73)27-23-28-69-77-63(47-87-69)67-41-56(79)40-60(89-67)42-59-35-49(2)34-58(88-59)26-22-29-71(81)92-74/h15,17,22-23,28-33,36-39,46-47,51-52,56-61,64-65,67-68,73-74,79-80H,2,11-14,16,18,20,24-27,34-35,40-45H2,1,3-10H3/b17-15+,28-23-,29-22-,32-30+,48-36+,50-37+/t51-,52-,56+,57+,58-,59+,60-,61+,64+,65+,67+,68+,73-,74-,75-/m0/s1. The first kappa shape index (κ1) is 70.8. The van der Waals surface area contributed by atoms with Gasteiger partial charge in [-0.15, -0.1) is 0 Å². The van der Waals surface area contributed by atoms with Crippen molar-refractivity contribution in [1.29, 1.82) is 0 Å². The highest BCUT2D eigenvalue weighted by atomic mass is 16.7. The van der Waals surface area contributed by atoms with Crippen LogP contribution in [-0.4, -0.2) is 135 Å². The van der Waals surface area contributed by atoms with E-state index in [1.54, 1.807) is 46.0 Å². The van der Waals surface area contributed by atoms with Crippen LogP contribution in [-0.2, 0) is 55.5 Å². The number of aliphatic hydroxyl groups is 2. The normalized spacial score (nSPS) is 29.7. The number of carbonyl (C=O) groups is 1. The minimum absolute atomic E-state index is 0.132. The van der Waals surface area contributed by atoms with Gasteiger partial charge in [-0.2, -0.15) is 0 Å². The van der Waals surface area contributed by atoms with Crippen molar-refractivity contribution in [1.82, 2.24) is 9.97 Å². The van der Waals surface area contributed by atoms with Crippen LogP contribution in [0.3, 0.4) is 0 Å². The number of hydrogen-bond acceptors (Lipinski definition) is 18. The van der Waals surface area contributed by atoms with Crippen molar-refractivity contribution in [3.63, 3.8) is 0 Å². The van der Waals surface area contributed by atoms with Crippen LogP contribution in [0.5, 0.6) is 0 Å². The second kappa shape index (κ2) is 34.3. The van der Waals surface area contributed by atoms with Crippen molar-refractivity contribution in [2.24, 2.45) is 11.8 Å². The molecule has 0 unspecified atom stereocenters. The Morgan fingerprint density at radius 2 is 1.69 bits per heavy atom. The Morgan fingerprint density at radius 1 is 0.892 bits per heavy atom. The van der Waals surface area contributed by atoms with Gasteiger partial charge in [-0.1, -0.05) is 106 Å². The highest BCUT2D eigenvalue weighted by Crippen LogP contribution is 2.41. The molecule has 15 atom stereocenters. The molecule has 4 fully saturated rings. The molecule has 5 aliphatic heterocycles. The van der Waals surface area contributed by atoms with E-state index in [4.69, 9.17) is 61.1 Å². The summed E-state index contributed by atoms with van der Waals surface area (Å²) in [6.07, 6.45) is 30.9. The van der Waals surface area contributed by atoms with Crippen molar-refractivity contribution in [2.45, 2.75) is 229 Å². The van der Waals surface area contributed by atoms with Gasteiger partial charge in [0.15, 0.2) is 11.7 Å². The van der Waals surface area contributed by atoms with Gasteiger partial charge in [-0.3, -0.25) is 0 Å². The number of fused-ring (bicyclic) bond motifs is 10. The van der Waals surface area contributed by atoms with E-state index in [-0.39, 0.29) is 60.5 Å². The first-order valence-electron chi connectivity index (χ1n) is 33.5. The summed E-state index contributed by atoms with van der Waals surface area (Å²) in [5, 5.41) is 23.6. The van der Waals surface area contributed by atoms with E-state index in [2.05, 4.69) is 36.6 Å². The van der Waals surface area contributed by atoms with Crippen LogP contribution in [0.1, 0.15) is 172 Å². The van der Waals surface area contributed by atoms with E-state index >= 15 is 0 Å². The summed E-state index contributed by atoms with van der Waals surface area (Å²) in [5.74, 6) is 5.08. The molecule has 4 aromatic rings. The molecule has 4 saturated heterocycles. The summed E-state index contributed by atoms with van der Waals surface area (Å²) >= 11 is 0. The number of aromatic nitrogens is 2. The Balaban J connectivity index is 0.759. The Labute approximate surface area is 549 Å². The molecular weight excluding hydrogens is 1180 g/mol. The number of rotatable bonds is 22. The van der Waals surface area contributed by atoms with E-state index < -0.39 is 48.4 Å². The average molecular weight is 1280 g/mol. The van der Waals surface area contributed by atoms with Crippen LogP contribution in [0.4, 0.5) is 5.69 Å². The molecule has 504 valence electrons. The lowest BCUT2D eigenvalue weighted by Gasteiger charge is -2.44. The third kappa shape index (κ3) is 20.3. The molecule has 0 saturated carbocycles. The van der Waals surface area contributed by atoms with Crippen molar-refractivity contribution < 1.29 is 66.2 Å². The molecule has 93 heavy (non-hydrogen) atoms. The van der Waals surface area contributed by atoms with Gasteiger partial charge in [-0.05, 0) is 113 Å². The van der Waals surface area contributed by atoms with Gasteiger partial charge in [0.25, 0.3) is 0 Å². The predicted molar refractivity (Wildman–Crippen MR) is 358 cm³/mol. The summed E-state index contributed by atoms with van der Waals surface area (Å²) in [7, 11) is 8.83. The largest absolute Gasteiger partial charge is 0.458 e. The topological polar surface area (TPSA) is 217 Å². The fraction of sp³-hybridized carbons (Fsp3) is 0.573. The van der Waals surface area contributed by atoms with Gasteiger partial charge in [0.2, 0.25) is 5.89 Å². The summed E-state index contributed by atoms with van der Waals surface area (Å²) < 4.78 is 68.2. The van der Waals surface area contributed by atoms with Gasteiger partial charge in [0, 0.05) is 109 Å². The molecule has 0 radical (unpaired) electrons. The zero-order valence-electron chi connectivity index (χ0n) is 56.0. The number of carbonyl (C=O) groups excluding carboxylic acids is 1. The lowest BCUT2D eigenvalue weighted by molar-refractivity contribution is -0.298. The van der Waals surface area contributed by atoms with E-state index in [0.717, 1.165) is 78.3 Å². The predicted octanol–water partition coefficient (Wildman–Crippen LogP) is 13.2. The third-order valence-corrected chi connectivity index (χ3v) is 18.8. The summed E-state index contributed by atoms with van der Waals surface area (Å²) in [5.41, 5.74) is 6.38. The van der Waals surface area contributed by atoms with E-state index in [1.165, 1.54) is 12.5 Å². The van der Waals surface area contributed by atoms with Gasteiger partial charge < -0.3 is 66.3 Å². The SMILES string of the molecule is C=C1C[C@@H]2C[C@@H]3C[C@@H](O)C[C@@H](O3)c3coc(n3)/C=C\C[C@H]3O[C@@H](/C(C)=C/c4coc(C[C@]5(OC)C[C@H](OC)C[C@H]([C@H](O)/C=C(C)/C=C/[C@@H](CC#C/C=C/CCCCCCCCc6cc(=O)oc7cc(N(C)C)ccc67)OC)O5)n4)[C@H](C)[C@@H](OC(=O)/C=C\C[C@@H](C1)O2)[C@H]3C. The van der Waals surface area contributed by atoms with Gasteiger partial charge in [0.05, 0.1) is 67.5 Å². The molecular formula is C75H99N3O15. The maximum absolute atomic E-state index is 13.7. The van der Waals surface area contributed by atoms with E-state index in [9.17, 15) is 19.8 Å². The molecule has 2 N–H and O–H groups in total. The number of aliphatic hydroxyl groups excluding tert-OH is 2. The first-order chi connectivity index (χ1) is 44.9. The molecule has 5 aliphatic rings. The highest BCUT2D eigenvalue weighted by molar-refractivity contribution is 5.83. The van der Waals surface area contributed by atoms with Crippen LogP contribution in [0.2, 0.25) is 0 Å². The Bertz CT molecular complexity index is 3410. The fourth-order valence-corrected chi connectivity index (χ4v) is 13.7. The zero-order chi connectivity index (χ0) is 66.0. The number of aryl methyl sites for hydroxylation is 1. The molecule has 18 nitrogen and oxygen atoms in total. The molecule has 0 aliphatic carbocycles. The number of anilines is 1. The minimum atomic E-state index is -1.22. The maximum Gasteiger partial charge on any atom is 0.336 e. The number of ether oxygens (including phenoxy) is 8. The number of hydrogen-bond donors (Lipinski definition) is 2. The Hall–Kier alpha value is -6.50. The molecule has 18 heteroatoms. The molecule has 0 spiro atoms. The van der Waals surface area contributed by atoms with Crippen molar-refractivity contribution >= 4 is 34.8 Å². The number of allylic oxidation sites excluding steroid dienone is 4. The molecule has 8 bridgehead atoms. The maximum atomic E-state index is 13.7. The van der Waals surface area contributed by atoms with Crippen LogP contribution in [0.25, 0.3) is 23.1 Å². The zero-order valence-corrected chi connectivity index (χ0v) is 56.0. The molecule has 9 rings (SSSR count). The Kier molecular flexibility index (Phi) is 26.1. The average Bonchev–Trinajstić information content (AvgIpc) is 1.81. The lowest BCUT2D eigenvalue weighted by Crippen LogP contribution is -2.52. The van der Waals surface area contributed by atoms with Crippen LogP contribution in [0, 0.1) is 23.7 Å². The number of nitrogens with zero attached hydrogens (tertiary/aromatic N) is 3. The first-order valence-corrected chi connectivity index (χ1v) is 33.5. The number of benzene rings is 1. The van der Waals surface area contributed by atoms with Crippen LogP contribution < -0.4 is 10.5 Å². The summed E-state index contributed by atoms with van der Waals surface area (Å²) in [6, 6.07) is 7.69. The minimum Gasteiger partial charge on any atom is -0.458 e. The molecule has 3 aromatic heterocycles. The number of methoxy groups -OCH3 is 3. The number of esters is 1. The van der Waals surface area contributed by atoms with Crippen LogP contribution >= 0.6 is 0 Å². The van der Waals surface area contributed by atoms with Gasteiger partial charge in [-0.25, -0.2) is 19.6 Å². The number of oxazole rings is 2. The molecule has 8 heterocycles. The molecule has 0 amide bonds. The van der Waals surface area contributed by atoms with Gasteiger partial charge in [0.1, 0.15) is 41.7 Å². The van der Waals surface area contributed by atoms with E-state index in [1.807, 2.05) is 95.3 Å². The lowest BCUT2D eigenvalue weighted by atomic mass is 9.79. The smallest absolute Gasteiger partial charge is 0.336 e. The Morgan fingerprint density at radius 3 is 2.48 bits per heavy atom. The fourth-order valence-electron chi connectivity index (χ4n) is 13.7. The summed E-state index contributed by atoms with van der Waals surface area (Å²) in [4.78, 5) is 37.6. The quantitative estimate of drug-likeness (QED) is 0.0187. The van der Waals surface area contributed by atoms with Crippen molar-refractivity contribution in [2.75, 3.05) is 40.3 Å².